The molecule has 0 bridgehead atoms. The molecule has 0 aliphatic heterocycles. The van der Waals surface area contributed by atoms with Crippen molar-refractivity contribution in [1.29, 1.82) is 0 Å². The monoisotopic (exact) mass is 328 g/mol. The zero-order chi connectivity index (χ0) is 14.0. The molecule has 0 unspecified atom stereocenters. The number of carboxylic acids is 1. The second kappa shape index (κ2) is 5.31. The maximum absolute atomic E-state index is 13.6. The van der Waals surface area contributed by atoms with E-state index in [2.05, 4.69) is 26.2 Å². The lowest BCUT2D eigenvalue weighted by Gasteiger charge is -2.09. The van der Waals surface area contributed by atoms with Crippen LogP contribution in [0.1, 0.15) is 10.4 Å². The number of hydrogen-bond acceptors (Lipinski definition) is 3. The standard InChI is InChI=1S/C12H7BrF2N2O2/c13-7-4-10(9(15)5-8(7)14)17-11-6(12(18)19)2-1-3-16-11/h1-5H,(H,16,17)(H,18,19). The van der Waals surface area contributed by atoms with Crippen LogP contribution >= 0.6 is 15.9 Å². The highest BCUT2D eigenvalue weighted by Crippen LogP contribution is 2.26. The SMILES string of the molecule is O=C(O)c1cccnc1Nc1cc(Br)c(F)cc1F. The van der Waals surface area contributed by atoms with E-state index in [1.165, 1.54) is 24.4 Å². The number of hydrogen-bond donors (Lipinski definition) is 2. The van der Waals surface area contributed by atoms with Gasteiger partial charge < -0.3 is 10.4 Å². The molecule has 0 aliphatic carbocycles. The Balaban J connectivity index is 2.42. The minimum absolute atomic E-state index is 0.0209. The van der Waals surface area contributed by atoms with E-state index in [4.69, 9.17) is 5.11 Å². The predicted octanol–water partition coefficient (Wildman–Crippen LogP) is 3.56. The number of carbonyl (C=O) groups is 1. The lowest BCUT2D eigenvalue weighted by molar-refractivity contribution is 0.0697. The van der Waals surface area contributed by atoms with Gasteiger partial charge in [-0.2, -0.15) is 0 Å². The van der Waals surface area contributed by atoms with Gasteiger partial charge >= 0.3 is 5.97 Å². The summed E-state index contributed by atoms with van der Waals surface area (Å²) in [6.45, 7) is 0. The first kappa shape index (κ1) is 13.4. The van der Waals surface area contributed by atoms with Crippen LogP contribution in [0.25, 0.3) is 0 Å². The molecule has 0 atom stereocenters. The number of nitrogens with one attached hydrogen (secondary N) is 1. The molecule has 98 valence electrons. The smallest absolute Gasteiger partial charge is 0.339 e. The Morgan fingerprint density at radius 2 is 2.05 bits per heavy atom. The molecule has 7 heteroatoms. The van der Waals surface area contributed by atoms with Gasteiger partial charge in [0, 0.05) is 12.3 Å². The quantitative estimate of drug-likeness (QED) is 0.845. The zero-order valence-corrected chi connectivity index (χ0v) is 10.9. The molecule has 0 fully saturated rings. The Labute approximate surface area is 115 Å². The predicted molar refractivity (Wildman–Crippen MR) is 68.5 cm³/mol. The van der Waals surface area contributed by atoms with E-state index in [1.807, 2.05) is 0 Å². The molecule has 0 amide bonds. The van der Waals surface area contributed by atoms with Crippen molar-refractivity contribution in [2.45, 2.75) is 0 Å². The molecule has 0 saturated carbocycles. The molecule has 0 saturated heterocycles. The number of benzene rings is 1. The molecule has 0 aliphatic rings. The Morgan fingerprint density at radius 3 is 2.74 bits per heavy atom. The molecule has 0 radical (unpaired) electrons. The molecule has 1 aromatic heterocycles. The fraction of sp³-hybridized carbons (Fsp3) is 0. The summed E-state index contributed by atoms with van der Waals surface area (Å²) in [5.74, 6) is -2.81. The van der Waals surface area contributed by atoms with Crippen LogP contribution in [0.15, 0.2) is 34.9 Å². The second-order valence-electron chi connectivity index (χ2n) is 3.58. The third kappa shape index (κ3) is 2.87. The molecule has 1 heterocycles. The fourth-order valence-corrected chi connectivity index (χ4v) is 1.77. The highest BCUT2D eigenvalue weighted by molar-refractivity contribution is 9.10. The second-order valence-corrected chi connectivity index (χ2v) is 4.43. The minimum Gasteiger partial charge on any atom is -0.478 e. The summed E-state index contributed by atoms with van der Waals surface area (Å²) in [5, 5.41) is 11.5. The maximum Gasteiger partial charge on any atom is 0.339 e. The molecule has 0 spiro atoms. The van der Waals surface area contributed by atoms with Crippen molar-refractivity contribution in [3.63, 3.8) is 0 Å². The van der Waals surface area contributed by atoms with Crippen LogP contribution in [0.2, 0.25) is 0 Å². The van der Waals surface area contributed by atoms with Crippen molar-refractivity contribution < 1.29 is 18.7 Å². The molecular formula is C12H7BrF2N2O2. The van der Waals surface area contributed by atoms with Gasteiger partial charge in [-0.1, -0.05) is 0 Å². The first-order chi connectivity index (χ1) is 8.99. The normalized spacial score (nSPS) is 10.3. The number of halogens is 3. The highest BCUT2D eigenvalue weighted by Gasteiger charge is 2.14. The lowest BCUT2D eigenvalue weighted by Crippen LogP contribution is -2.05. The van der Waals surface area contributed by atoms with Crippen LogP contribution in [0.5, 0.6) is 0 Å². The van der Waals surface area contributed by atoms with E-state index in [1.54, 1.807) is 0 Å². The van der Waals surface area contributed by atoms with Crippen LogP contribution in [0, 0.1) is 11.6 Å². The molecule has 4 nitrogen and oxygen atoms in total. The van der Waals surface area contributed by atoms with Crippen molar-refractivity contribution in [2.75, 3.05) is 5.32 Å². The van der Waals surface area contributed by atoms with E-state index in [-0.39, 0.29) is 21.5 Å². The molecular weight excluding hydrogens is 322 g/mol. The van der Waals surface area contributed by atoms with E-state index in [0.717, 1.165) is 0 Å². The Bertz CT molecular complexity index is 650. The summed E-state index contributed by atoms with van der Waals surface area (Å²) in [4.78, 5) is 14.8. The Kier molecular flexibility index (Phi) is 3.75. The number of carboxylic acid groups (broad SMARTS) is 1. The molecule has 19 heavy (non-hydrogen) atoms. The first-order valence-corrected chi connectivity index (χ1v) is 5.88. The van der Waals surface area contributed by atoms with Crippen LogP contribution in [-0.2, 0) is 0 Å². The van der Waals surface area contributed by atoms with Gasteiger partial charge in [0.05, 0.1) is 10.2 Å². The molecule has 1 aromatic carbocycles. The van der Waals surface area contributed by atoms with Crippen molar-refractivity contribution >= 4 is 33.4 Å². The van der Waals surface area contributed by atoms with Crippen LogP contribution in [0.3, 0.4) is 0 Å². The Morgan fingerprint density at radius 1 is 1.32 bits per heavy atom. The van der Waals surface area contributed by atoms with Crippen molar-refractivity contribution in [1.82, 2.24) is 4.98 Å². The van der Waals surface area contributed by atoms with Crippen LogP contribution < -0.4 is 5.32 Å². The van der Waals surface area contributed by atoms with Gasteiger partial charge in [0.15, 0.2) is 0 Å². The summed E-state index contributed by atoms with van der Waals surface area (Å²) >= 11 is 2.92. The van der Waals surface area contributed by atoms with Gasteiger partial charge in [0.2, 0.25) is 0 Å². The summed E-state index contributed by atoms with van der Waals surface area (Å²) in [7, 11) is 0. The zero-order valence-electron chi connectivity index (χ0n) is 9.32. The third-order valence-electron chi connectivity index (χ3n) is 2.30. The summed E-state index contributed by atoms with van der Waals surface area (Å²) in [5.41, 5.74) is -0.183. The number of pyridine rings is 1. The van der Waals surface area contributed by atoms with Crippen molar-refractivity contribution in [3.05, 3.63) is 52.1 Å². The number of anilines is 2. The van der Waals surface area contributed by atoms with Crippen LogP contribution in [0.4, 0.5) is 20.3 Å². The summed E-state index contributed by atoms with van der Waals surface area (Å²) in [6.07, 6.45) is 1.37. The fourth-order valence-electron chi connectivity index (χ4n) is 1.42. The first-order valence-electron chi connectivity index (χ1n) is 5.09. The number of nitrogens with zero attached hydrogens (tertiary/aromatic N) is 1. The number of rotatable bonds is 3. The van der Waals surface area contributed by atoms with Crippen molar-refractivity contribution in [3.8, 4) is 0 Å². The van der Waals surface area contributed by atoms with Gasteiger partial charge in [0.25, 0.3) is 0 Å². The minimum atomic E-state index is -1.20. The maximum atomic E-state index is 13.6. The van der Waals surface area contributed by atoms with Gasteiger partial charge in [-0.15, -0.1) is 0 Å². The average Bonchev–Trinajstić information content (AvgIpc) is 2.36. The molecule has 2 aromatic rings. The van der Waals surface area contributed by atoms with Gasteiger partial charge in [-0.3, -0.25) is 0 Å². The van der Waals surface area contributed by atoms with E-state index in [0.29, 0.717) is 6.07 Å². The van der Waals surface area contributed by atoms with Gasteiger partial charge in [-0.25, -0.2) is 18.6 Å². The molecule has 2 N–H and O–H groups in total. The number of aromatic nitrogens is 1. The lowest BCUT2D eigenvalue weighted by atomic mass is 10.2. The molecule has 2 rings (SSSR count). The Hall–Kier alpha value is -2.02. The third-order valence-corrected chi connectivity index (χ3v) is 2.91. The number of aromatic carboxylic acids is 1. The van der Waals surface area contributed by atoms with E-state index < -0.39 is 17.6 Å². The highest BCUT2D eigenvalue weighted by atomic mass is 79.9. The van der Waals surface area contributed by atoms with Crippen molar-refractivity contribution in [2.24, 2.45) is 0 Å². The van der Waals surface area contributed by atoms with Gasteiger partial charge in [0.1, 0.15) is 23.0 Å². The largest absolute Gasteiger partial charge is 0.478 e. The average molecular weight is 329 g/mol. The van der Waals surface area contributed by atoms with E-state index in [9.17, 15) is 13.6 Å². The summed E-state index contributed by atoms with van der Waals surface area (Å²) < 4.78 is 26.7. The van der Waals surface area contributed by atoms with Gasteiger partial charge in [-0.05, 0) is 34.1 Å². The van der Waals surface area contributed by atoms with Crippen LogP contribution in [-0.4, -0.2) is 16.1 Å². The summed E-state index contributed by atoms with van der Waals surface area (Å²) in [6, 6.07) is 4.64. The van der Waals surface area contributed by atoms with E-state index >= 15 is 0 Å². The topological polar surface area (TPSA) is 62.2 Å².